The minimum Gasteiger partial charge on any atom is -0.341 e. The number of hydrogen-bond donors (Lipinski definition) is 0. The van der Waals surface area contributed by atoms with Crippen LogP contribution in [0.4, 0.5) is 0 Å². The number of carbonyl (C=O) groups is 2. The molecule has 0 unspecified atom stereocenters. The maximum atomic E-state index is 13.0. The molecule has 2 amide bonds. The van der Waals surface area contributed by atoms with Crippen molar-refractivity contribution in [3.05, 3.63) is 48.0 Å². The SMILES string of the molecule is CC(C)CC(=O)N1CCCN(C(=O)c2cccc3ccccc23)CC1. The second-order valence-corrected chi connectivity index (χ2v) is 7.15. The van der Waals surface area contributed by atoms with E-state index in [-0.39, 0.29) is 11.8 Å². The lowest BCUT2D eigenvalue weighted by Crippen LogP contribution is -2.37. The van der Waals surface area contributed by atoms with Crippen molar-refractivity contribution >= 4 is 22.6 Å². The van der Waals surface area contributed by atoms with Gasteiger partial charge in [0, 0.05) is 38.2 Å². The maximum absolute atomic E-state index is 13.0. The summed E-state index contributed by atoms with van der Waals surface area (Å²) >= 11 is 0. The van der Waals surface area contributed by atoms with Gasteiger partial charge in [0.1, 0.15) is 0 Å². The molecule has 132 valence electrons. The van der Waals surface area contributed by atoms with Crippen LogP contribution in [0.3, 0.4) is 0 Å². The first-order chi connectivity index (χ1) is 12.1. The molecule has 1 aliphatic heterocycles. The van der Waals surface area contributed by atoms with Crippen LogP contribution in [-0.2, 0) is 4.79 Å². The van der Waals surface area contributed by atoms with Gasteiger partial charge in [0.05, 0.1) is 0 Å². The summed E-state index contributed by atoms with van der Waals surface area (Å²) in [6, 6.07) is 13.8. The summed E-state index contributed by atoms with van der Waals surface area (Å²) in [5, 5.41) is 2.07. The molecule has 2 aromatic carbocycles. The van der Waals surface area contributed by atoms with E-state index in [2.05, 4.69) is 13.8 Å². The summed E-state index contributed by atoms with van der Waals surface area (Å²) in [5.41, 5.74) is 0.750. The second kappa shape index (κ2) is 7.68. The Balaban J connectivity index is 1.74. The second-order valence-electron chi connectivity index (χ2n) is 7.15. The molecule has 4 heteroatoms. The summed E-state index contributed by atoms with van der Waals surface area (Å²) in [5.74, 6) is 0.633. The highest BCUT2D eigenvalue weighted by Gasteiger charge is 2.23. The number of amides is 2. The zero-order chi connectivity index (χ0) is 17.8. The third-order valence-electron chi connectivity index (χ3n) is 4.74. The molecule has 0 aromatic heterocycles. The topological polar surface area (TPSA) is 40.6 Å². The largest absolute Gasteiger partial charge is 0.341 e. The molecular formula is C21H26N2O2. The smallest absolute Gasteiger partial charge is 0.254 e. The lowest BCUT2D eigenvalue weighted by Gasteiger charge is -2.23. The molecule has 2 aromatic rings. The lowest BCUT2D eigenvalue weighted by atomic mass is 10.0. The first-order valence-corrected chi connectivity index (χ1v) is 9.11. The van der Waals surface area contributed by atoms with Gasteiger partial charge >= 0.3 is 0 Å². The molecule has 1 aliphatic rings. The van der Waals surface area contributed by atoms with Crippen LogP contribution >= 0.6 is 0 Å². The van der Waals surface area contributed by atoms with Gasteiger partial charge in [-0.1, -0.05) is 50.2 Å². The van der Waals surface area contributed by atoms with Gasteiger partial charge in [-0.2, -0.15) is 0 Å². The fraction of sp³-hybridized carbons (Fsp3) is 0.429. The van der Waals surface area contributed by atoms with Crippen molar-refractivity contribution in [2.24, 2.45) is 5.92 Å². The van der Waals surface area contributed by atoms with E-state index in [4.69, 9.17) is 0 Å². The molecule has 25 heavy (non-hydrogen) atoms. The summed E-state index contributed by atoms with van der Waals surface area (Å²) in [6.07, 6.45) is 1.41. The van der Waals surface area contributed by atoms with Crippen LogP contribution < -0.4 is 0 Å². The number of benzene rings is 2. The van der Waals surface area contributed by atoms with Crippen LogP contribution in [0.15, 0.2) is 42.5 Å². The molecule has 1 fully saturated rings. The van der Waals surface area contributed by atoms with Gasteiger partial charge in [0.25, 0.3) is 5.91 Å². The molecule has 0 radical (unpaired) electrons. The van der Waals surface area contributed by atoms with E-state index >= 15 is 0 Å². The third-order valence-corrected chi connectivity index (χ3v) is 4.74. The van der Waals surface area contributed by atoms with Crippen LogP contribution in [-0.4, -0.2) is 47.8 Å². The van der Waals surface area contributed by atoms with Crippen molar-refractivity contribution in [3.63, 3.8) is 0 Å². The summed E-state index contributed by atoms with van der Waals surface area (Å²) in [4.78, 5) is 29.2. The van der Waals surface area contributed by atoms with Crippen molar-refractivity contribution in [2.45, 2.75) is 26.7 Å². The minimum absolute atomic E-state index is 0.0648. The van der Waals surface area contributed by atoms with E-state index < -0.39 is 0 Å². The number of fused-ring (bicyclic) bond motifs is 1. The Kier molecular flexibility index (Phi) is 5.37. The van der Waals surface area contributed by atoms with E-state index in [1.807, 2.05) is 52.3 Å². The van der Waals surface area contributed by atoms with Crippen LogP contribution in [0.25, 0.3) is 10.8 Å². The molecule has 0 aliphatic carbocycles. The predicted octanol–water partition coefficient (Wildman–Crippen LogP) is 3.56. The molecule has 4 nitrogen and oxygen atoms in total. The number of rotatable bonds is 3. The minimum atomic E-state index is 0.0648. The van der Waals surface area contributed by atoms with Crippen LogP contribution in [0.5, 0.6) is 0 Å². The first kappa shape index (κ1) is 17.5. The first-order valence-electron chi connectivity index (χ1n) is 9.11. The Morgan fingerprint density at radius 1 is 0.920 bits per heavy atom. The highest BCUT2D eigenvalue weighted by atomic mass is 16.2. The summed E-state index contributed by atoms with van der Waals surface area (Å²) < 4.78 is 0. The molecule has 0 N–H and O–H groups in total. The van der Waals surface area contributed by atoms with Crippen molar-refractivity contribution in [1.82, 2.24) is 9.80 Å². The molecule has 0 saturated carbocycles. The molecular weight excluding hydrogens is 312 g/mol. The van der Waals surface area contributed by atoms with Gasteiger partial charge in [0.15, 0.2) is 0 Å². The average molecular weight is 338 g/mol. The third kappa shape index (κ3) is 4.01. The molecule has 1 saturated heterocycles. The van der Waals surface area contributed by atoms with Gasteiger partial charge in [-0.15, -0.1) is 0 Å². The molecule has 0 spiro atoms. The van der Waals surface area contributed by atoms with E-state index in [0.29, 0.717) is 32.0 Å². The Labute approximate surface area is 149 Å². The zero-order valence-electron chi connectivity index (χ0n) is 15.1. The van der Waals surface area contributed by atoms with E-state index in [9.17, 15) is 9.59 Å². The predicted molar refractivity (Wildman–Crippen MR) is 101 cm³/mol. The van der Waals surface area contributed by atoms with Gasteiger partial charge in [-0.25, -0.2) is 0 Å². The normalized spacial score (nSPS) is 15.5. The summed E-state index contributed by atoms with van der Waals surface area (Å²) in [7, 11) is 0. The summed E-state index contributed by atoms with van der Waals surface area (Å²) in [6.45, 7) is 6.80. The fourth-order valence-corrected chi connectivity index (χ4v) is 3.43. The van der Waals surface area contributed by atoms with Gasteiger partial charge in [-0.05, 0) is 29.2 Å². The molecule has 0 atom stereocenters. The molecule has 1 heterocycles. The standard InChI is InChI=1S/C21H26N2O2/c1-16(2)15-20(24)22-11-6-12-23(14-13-22)21(25)19-10-5-8-17-7-3-4-9-18(17)19/h3-5,7-10,16H,6,11-15H2,1-2H3. The average Bonchev–Trinajstić information content (AvgIpc) is 2.86. The fourth-order valence-electron chi connectivity index (χ4n) is 3.43. The quantitative estimate of drug-likeness (QED) is 0.858. The van der Waals surface area contributed by atoms with Crippen molar-refractivity contribution in [3.8, 4) is 0 Å². The van der Waals surface area contributed by atoms with Crippen molar-refractivity contribution < 1.29 is 9.59 Å². The van der Waals surface area contributed by atoms with Crippen LogP contribution in [0, 0.1) is 5.92 Å². The monoisotopic (exact) mass is 338 g/mol. The van der Waals surface area contributed by atoms with Crippen molar-refractivity contribution in [1.29, 1.82) is 0 Å². The highest BCUT2D eigenvalue weighted by Crippen LogP contribution is 2.21. The number of carbonyl (C=O) groups excluding carboxylic acids is 2. The maximum Gasteiger partial charge on any atom is 0.254 e. The van der Waals surface area contributed by atoms with Crippen molar-refractivity contribution in [2.75, 3.05) is 26.2 Å². The Bertz CT molecular complexity index is 764. The van der Waals surface area contributed by atoms with Gasteiger partial charge in [-0.3, -0.25) is 9.59 Å². The Morgan fingerprint density at radius 2 is 1.60 bits per heavy atom. The van der Waals surface area contributed by atoms with Crippen LogP contribution in [0.1, 0.15) is 37.0 Å². The highest BCUT2D eigenvalue weighted by molar-refractivity contribution is 6.07. The number of hydrogen-bond acceptors (Lipinski definition) is 2. The van der Waals surface area contributed by atoms with E-state index in [0.717, 1.165) is 29.3 Å². The van der Waals surface area contributed by atoms with Crippen LogP contribution in [0.2, 0.25) is 0 Å². The zero-order valence-corrected chi connectivity index (χ0v) is 15.1. The van der Waals surface area contributed by atoms with E-state index in [1.54, 1.807) is 0 Å². The Hall–Kier alpha value is -2.36. The lowest BCUT2D eigenvalue weighted by molar-refractivity contribution is -0.131. The molecule has 0 bridgehead atoms. The number of nitrogens with zero attached hydrogens (tertiary/aromatic N) is 2. The van der Waals surface area contributed by atoms with E-state index in [1.165, 1.54) is 0 Å². The van der Waals surface area contributed by atoms with Gasteiger partial charge < -0.3 is 9.80 Å². The van der Waals surface area contributed by atoms with Gasteiger partial charge in [0.2, 0.25) is 5.91 Å². The molecule has 3 rings (SSSR count). The Morgan fingerprint density at radius 3 is 2.40 bits per heavy atom.